The number of hydrogen-bond acceptors (Lipinski definition) is 5. The molecule has 2 rings (SSSR count). The molecule has 19 heavy (non-hydrogen) atoms. The first-order chi connectivity index (χ1) is 8.70. The molecule has 0 radical (unpaired) electrons. The van der Waals surface area contributed by atoms with Crippen molar-refractivity contribution < 1.29 is 56.1 Å². The van der Waals surface area contributed by atoms with Crippen LogP contribution in [0.15, 0.2) is 29.4 Å². The van der Waals surface area contributed by atoms with Crippen LogP contribution in [0.2, 0.25) is 5.02 Å². The molecule has 1 heterocycles. The van der Waals surface area contributed by atoms with Gasteiger partial charge in [0.2, 0.25) is 0 Å². The van der Waals surface area contributed by atoms with Crippen molar-refractivity contribution in [1.29, 1.82) is 0 Å². The fourth-order valence-corrected chi connectivity index (χ4v) is 2.03. The van der Waals surface area contributed by atoms with Gasteiger partial charge in [-0.3, -0.25) is 4.57 Å². The third-order valence-electron chi connectivity index (χ3n) is 2.22. The molecule has 1 aromatic carbocycles. The van der Waals surface area contributed by atoms with Gasteiger partial charge in [0.15, 0.2) is 0 Å². The SMILES string of the molecule is CSCCn1c([S-])nnc1Oc1ccc(Cl)cc1.[K+]. The summed E-state index contributed by atoms with van der Waals surface area (Å²) in [6.07, 6.45) is 2.03. The van der Waals surface area contributed by atoms with Gasteiger partial charge in [0.05, 0.1) is 0 Å². The summed E-state index contributed by atoms with van der Waals surface area (Å²) in [6.45, 7) is 0.732. The molecule has 0 aliphatic heterocycles. The monoisotopic (exact) mass is 339 g/mol. The summed E-state index contributed by atoms with van der Waals surface area (Å²) in [7, 11) is 0. The minimum Gasteiger partial charge on any atom is -0.740 e. The van der Waals surface area contributed by atoms with E-state index in [1.165, 1.54) is 0 Å². The van der Waals surface area contributed by atoms with Crippen LogP contribution in [0, 0.1) is 0 Å². The number of ether oxygens (including phenoxy) is 1. The average Bonchev–Trinajstić information content (AvgIpc) is 2.71. The topological polar surface area (TPSA) is 39.9 Å². The molecule has 0 aliphatic carbocycles. The van der Waals surface area contributed by atoms with Crippen molar-refractivity contribution in [2.24, 2.45) is 0 Å². The zero-order chi connectivity index (χ0) is 13.0. The van der Waals surface area contributed by atoms with Gasteiger partial charge in [0.25, 0.3) is 0 Å². The molecule has 8 heteroatoms. The van der Waals surface area contributed by atoms with Crippen molar-refractivity contribution in [3.63, 3.8) is 0 Å². The predicted octanol–water partition coefficient (Wildman–Crippen LogP) is -0.00340. The van der Waals surface area contributed by atoms with Crippen LogP contribution >= 0.6 is 23.4 Å². The van der Waals surface area contributed by atoms with Crippen molar-refractivity contribution in [3.8, 4) is 11.8 Å². The van der Waals surface area contributed by atoms with E-state index < -0.39 is 0 Å². The summed E-state index contributed by atoms with van der Waals surface area (Å²) in [5.74, 6) is 1.59. The maximum absolute atomic E-state index is 5.81. The van der Waals surface area contributed by atoms with E-state index in [0.29, 0.717) is 21.9 Å². The molecule has 4 nitrogen and oxygen atoms in total. The van der Waals surface area contributed by atoms with E-state index in [-0.39, 0.29) is 51.4 Å². The van der Waals surface area contributed by atoms with Gasteiger partial charge in [-0.1, -0.05) is 16.7 Å². The Morgan fingerprint density at radius 2 is 2.00 bits per heavy atom. The van der Waals surface area contributed by atoms with Crippen molar-refractivity contribution in [2.45, 2.75) is 11.7 Å². The van der Waals surface area contributed by atoms with Gasteiger partial charge in [0.1, 0.15) is 5.75 Å². The third kappa shape index (κ3) is 5.16. The van der Waals surface area contributed by atoms with E-state index in [9.17, 15) is 0 Å². The molecule has 0 saturated carbocycles. The molecular weight excluding hydrogens is 329 g/mol. The normalized spacial score (nSPS) is 10.0. The van der Waals surface area contributed by atoms with Crippen molar-refractivity contribution in [2.75, 3.05) is 12.0 Å². The number of halogens is 1. The molecule has 0 unspecified atom stereocenters. The van der Waals surface area contributed by atoms with Crippen molar-refractivity contribution >= 4 is 36.0 Å². The Kier molecular flexibility index (Phi) is 8.23. The summed E-state index contributed by atoms with van der Waals surface area (Å²) in [5, 5.41) is 8.88. The smallest absolute Gasteiger partial charge is 0.740 e. The van der Waals surface area contributed by atoms with Gasteiger partial charge in [-0.2, -0.15) is 16.9 Å². The van der Waals surface area contributed by atoms with Crippen LogP contribution in [0.3, 0.4) is 0 Å². The number of thioether (sulfide) groups is 1. The fraction of sp³-hybridized carbons (Fsp3) is 0.273. The molecule has 0 fully saturated rings. The van der Waals surface area contributed by atoms with E-state index >= 15 is 0 Å². The van der Waals surface area contributed by atoms with Gasteiger partial charge in [-0.15, -0.1) is 0 Å². The second kappa shape index (κ2) is 8.84. The van der Waals surface area contributed by atoms with E-state index in [1.54, 1.807) is 40.6 Å². The van der Waals surface area contributed by atoms with Gasteiger partial charge >= 0.3 is 57.4 Å². The Morgan fingerprint density at radius 3 is 2.63 bits per heavy atom. The van der Waals surface area contributed by atoms with Crippen LogP contribution in [0.5, 0.6) is 11.8 Å². The minimum absolute atomic E-state index is 0. The number of hydrogen-bond donors (Lipinski definition) is 0. The second-order valence-electron chi connectivity index (χ2n) is 3.47. The first-order valence-corrected chi connectivity index (χ1v) is 7.41. The first kappa shape index (κ1) is 17.7. The van der Waals surface area contributed by atoms with E-state index in [2.05, 4.69) is 10.2 Å². The molecular formula is C11H11ClKN3OS2. The van der Waals surface area contributed by atoms with Crippen LogP contribution in [-0.4, -0.2) is 26.8 Å². The molecule has 0 spiro atoms. The summed E-state index contributed by atoms with van der Waals surface area (Å²) in [4.78, 5) is 0. The summed E-state index contributed by atoms with van der Waals surface area (Å²) in [5.41, 5.74) is 0. The van der Waals surface area contributed by atoms with E-state index in [1.807, 2.05) is 6.26 Å². The molecule has 0 amide bonds. The van der Waals surface area contributed by atoms with Crippen LogP contribution in [0.4, 0.5) is 0 Å². The zero-order valence-electron chi connectivity index (χ0n) is 10.7. The standard InChI is InChI=1S/C11H12ClN3OS2.K/c1-18-7-6-15-10(13-14-11(15)17)16-9-4-2-8(12)3-5-9;/h2-5H,6-7H2,1H3,(H,14,17);/q;+1/p-1. The van der Waals surface area contributed by atoms with Gasteiger partial charge in [-0.25, -0.2) is 0 Å². The quantitative estimate of drug-likeness (QED) is 0.566. The fourth-order valence-electron chi connectivity index (χ4n) is 1.33. The van der Waals surface area contributed by atoms with Crippen LogP contribution in [0.25, 0.3) is 0 Å². The molecule has 0 aliphatic rings. The number of benzene rings is 1. The molecule has 0 atom stereocenters. The van der Waals surface area contributed by atoms with Crippen LogP contribution in [0.1, 0.15) is 0 Å². The Hall–Kier alpha value is 0.656. The Labute approximate surface area is 169 Å². The molecule has 1 aromatic heterocycles. The van der Waals surface area contributed by atoms with Crippen molar-refractivity contribution in [3.05, 3.63) is 29.3 Å². The molecule has 96 valence electrons. The summed E-state index contributed by atoms with van der Waals surface area (Å²) < 4.78 is 7.42. The first-order valence-electron chi connectivity index (χ1n) is 5.23. The third-order valence-corrected chi connectivity index (χ3v) is 3.37. The van der Waals surface area contributed by atoms with E-state index in [4.69, 9.17) is 29.0 Å². The van der Waals surface area contributed by atoms with Gasteiger partial charge in [0, 0.05) is 22.5 Å². The van der Waals surface area contributed by atoms with Gasteiger partial charge in [-0.05, 0) is 30.5 Å². The molecule has 0 bridgehead atoms. The Balaban J connectivity index is 0.00000180. The maximum atomic E-state index is 5.81. The Bertz CT molecular complexity index is 521. The maximum Gasteiger partial charge on any atom is 1.00 e. The predicted molar refractivity (Wildman–Crippen MR) is 75.6 cm³/mol. The number of rotatable bonds is 5. The summed E-state index contributed by atoms with van der Waals surface area (Å²) >= 11 is 12.6. The molecule has 2 aromatic rings. The van der Waals surface area contributed by atoms with Crippen LogP contribution < -0.4 is 56.1 Å². The second-order valence-corrected chi connectivity index (χ2v) is 5.25. The van der Waals surface area contributed by atoms with E-state index in [0.717, 1.165) is 12.3 Å². The number of nitrogens with zero attached hydrogens (tertiary/aromatic N) is 3. The van der Waals surface area contributed by atoms with Crippen molar-refractivity contribution in [1.82, 2.24) is 14.8 Å². The number of aromatic nitrogens is 3. The molecule has 0 N–H and O–H groups in total. The average molecular weight is 340 g/mol. The molecule has 0 saturated heterocycles. The Morgan fingerprint density at radius 1 is 1.32 bits per heavy atom. The van der Waals surface area contributed by atoms with Gasteiger partial charge < -0.3 is 17.4 Å². The minimum atomic E-state index is 0. The largest absolute Gasteiger partial charge is 1.00 e. The summed E-state index contributed by atoms with van der Waals surface area (Å²) in [6, 6.07) is 7.48. The zero-order valence-corrected chi connectivity index (χ0v) is 16.2. The van der Waals surface area contributed by atoms with Crippen LogP contribution in [-0.2, 0) is 19.2 Å².